The molecule has 6 aromatic carbocycles. The SMILES string of the molecule is c1ccc(-c2nc(-c3ccc(-c4cccnc4)cc3)c(-c3ccc4c5ccccc5n(-c5ccccc5)c4c3)nc2-c2ccccc2)cc1. The number of hydrogen-bond donors (Lipinski definition) is 0. The highest BCUT2D eigenvalue weighted by molar-refractivity contribution is 6.10. The van der Waals surface area contributed by atoms with E-state index in [-0.39, 0.29) is 0 Å². The minimum absolute atomic E-state index is 0.831. The molecule has 4 heteroatoms. The van der Waals surface area contributed by atoms with Gasteiger partial charge in [0.2, 0.25) is 0 Å². The second-order valence-electron chi connectivity index (χ2n) is 12.1. The number of pyridine rings is 1. The highest BCUT2D eigenvalue weighted by atomic mass is 15.0. The van der Waals surface area contributed by atoms with Crippen molar-refractivity contribution in [1.82, 2.24) is 19.5 Å². The Bertz CT molecular complexity index is 2560. The third-order valence-corrected chi connectivity index (χ3v) is 9.11. The number of para-hydroxylation sites is 2. The van der Waals surface area contributed by atoms with Crippen LogP contribution in [-0.4, -0.2) is 19.5 Å². The van der Waals surface area contributed by atoms with Crippen molar-refractivity contribution in [3.63, 3.8) is 0 Å². The summed E-state index contributed by atoms with van der Waals surface area (Å²) in [5, 5.41) is 2.41. The van der Waals surface area contributed by atoms with Gasteiger partial charge in [-0.25, -0.2) is 9.97 Å². The van der Waals surface area contributed by atoms with Gasteiger partial charge >= 0.3 is 0 Å². The first kappa shape index (κ1) is 28.6. The van der Waals surface area contributed by atoms with E-state index in [1.807, 2.05) is 24.4 Å². The molecule has 0 atom stereocenters. The van der Waals surface area contributed by atoms with E-state index in [1.54, 1.807) is 6.20 Å². The lowest BCUT2D eigenvalue weighted by atomic mass is 9.97. The maximum absolute atomic E-state index is 5.53. The summed E-state index contributed by atoms with van der Waals surface area (Å²) in [4.78, 5) is 15.3. The maximum Gasteiger partial charge on any atom is 0.0974 e. The summed E-state index contributed by atoms with van der Waals surface area (Å²) < 4.78 is 2.35. The summed E-state index contributed by atoms with van der Waals surface area (Å²) in [5.74, 6) is 0. The largest absolute Gasteiger partial charge is 0.309 e. The van der Waals surface area contributed by atoms with E-state index in [0.717, 1.165) is 67.4 Å². The van der Waals surface area contributed by atoms with E-state index in [9.17, 15) is 0 Å². The van der Waals surface area contributed by atoms with Gasteiger partial charge in [-0.2, -0.15) is 0 Å². The molecule has 0 N–H and O–H groups in total. The summed E-state index contributed by atoms with van der Waals surface area (Å²) in [6.45, 7) is 0. The van der Waals surface area contributed by atoms with Crippen LogP contribution in [0.25, 0.3) is 83.6 Å². The highest BCUT2D eigenvalue weighted by Crippen LogP contribution is 2.40. The van der Waals surface area contributed by atoms with E-state index < -0.39 is 0 Å². The molecule has 3 aromatic heterocycles. The Balaban J connectivity index is 1.32. The molecule has 0 spiro atoms. The molecule has 0 bridgehead atoms. The zero-order valence-corrected chi connectivity index (χ0v) is 26.6. The molecule has 230 valence electrons. The van der Waals surface area contributed by atoms with E-state index in [0.29, 0.717) is 0 Å². The molecule has 0 aliphatic carbocycles. The van der Waals surface area contributed by atoms with Crippen LogP contribution >= 0.6 is 0 Å². The molecular formula is C45H30N4. The van der Waals surface area contributed by atoms with Crippen molar-refractivity contribution in [3.8, 4) is 61.8 Å². The number of benzene rings is 6. The molecule has 9 rings (SSSR count). The Morgan fingerprint density at radius 3 is 1.47 bits per heavy atom. The van der Waals surface area contributed by atoms with Gasteiger partial charge in [-0.05, 0) is 41.5 Å². The van der Waals surface area contributed by atoms with Crippen molar-refractivity contribution < 1.29 is 0 Å². The lowest BCUT2D eigenvalue weighted by Gasteiger charge is -2.17. The predicted molar refractivity (Wildman–Crippen MR) is 201 cm³/mol. The summed E-state index contributed by atoms with van der Waals surface area (Å²) in [6, 6.07) is 59.2. The Labute approximate surface area is 284 Å². The van der Waals surface area contributed by atoms with Gasteiger partial charge in [0.15, 0.2) is 0 Å². The van der Waals surface area contributed by atoms with Crippen LogP contribution in [0.1, 0.15) is 0 Å². The Morgan fingerprint density at radius 1 is 0.347 bits per heavy atom. The number of aromatic nitrogens is 4. The first-order valence-electron chi connectivity index (χ1n) is 16.4. The second-order valence-corrected chi connectivity index (χ2v) is 12.1. The van der Waals surface area contributed by atoms with Crippen LogP contribution in [0.2, 0.25) is 0 Å². The smallest absolute Gasteiger partial charge is 0.0974 e. The van der Waals surface area contributed by atoms with Crippen LogP contribution in [0, 0.1) is 0 Å². The third kappa shape index (κ3) is 5.16. The normalized spacial score (nSPS) is 11.3. The zero-order chi connectivity index (χ0) is 32.6. The molecule has 0 unspecified atom stereocenters. The van der Waals surface area contributed by atoms with Crippen LogP contribution in [0.5, 0.6) is 0 Å². The topological polar surface area (TPSA) is 43.6 Å². The minimum Gasteiger partial charge on any atom is -0.309 e. The molecule has 9 aromatic rings. The highest BCUT2D eigenvalue weighted by Gasteiger charge is 2.21. The van der Waals surface area contributed by atoms with E-state index >= 15 is 0 Å². The second kappa shape index (κ2) is 12.2. The summed E-state index contributed by atoms with van der Waals surface area (Å²) in [7, 11) is 0. The van der Waals surface area contributed by atoms with Crippen molar-refractivity contribution >= 4 is 21.8 Å². The van der Waals surface area contributed by atoms with Crippen molar-refractivity contribution in [2.24, 2.45) is 0 Å². The molecular weight excluding hydrogens is 597 g/mol. The van der Waals surface area contributed by atoms with Gasteiger partial charge in [0, 0.05) is 51.1 Å². The lowest BCUT2D eigenvalue weighted by Crippen LogP contribution is -2.01. The van der Waals surface area contributed by atoms with Crippen LogP contribution < -0.4 is 0 Å². The first-order chi connectivity index (χ1) is 24.3. The number of fused-ring (bicyclic) bond motifs is 3. The summed E-state index contributed by atoms with van der Waals surface area (Å²) in [6.07, 6.45) is 3.69. The van der Waals surface area contributed by atoms with Crippen molar-refractivity contribution in [2.45, 2.75) is 0 Å². The van der Waals surface area contributed by atoms with Gasteiger partial charge in [-0.3, -0.25) is 4.98 Å². The van der Waals surface area contributed by atoms with Crippen molar-refractivity contribution in [1.29, 1.82) is 0 Å². The molecule has 0 aliphatic rings. The Hall–Kier alpha value is -6.65. The Kier molecular flexibility index (Phi) is 7.10. The molecule has 0 fully saturated rings. The molecule has 0 aliphatic heterocycles. The minimum atomic E-state index is 0.831. The van der Waals surface area contributed by atoms with Crippen LogP contribution in [0.15, 0.2) is 182 Å². The average Bonchev–Trinajstić information content (AvgIpc) is 3.52. The number of rotatable bonds is 6. The molecule has 0 saturated heterocycles. The molecule has 0 radical (unpaired) electrons. The first-order valence-corrected chi connectivity index (χ1v) is 16.4. The fourth-order valence-electron chi connectivity index (χ4n) is 6.76. The summed E-state index contributed by atoms with van der Waals surface area (Å²) >= 11 is 0. The maximum atomic E-state index is 5.53. The van der Waals surface area contributed by atoms with E-state index in [4.69, 9.17) is 9.97 Å². The fraction of sp³-hybridized carbons (Fsp3) is 0. The van der Waals surface area contributed by atoms with Gasteiger partial charge in [0.05, 0.1) is 33.8 Å². The molecule has 3 heterocycles. The van der Waals surface area contributed by atoms with Crippen LogP contribution in [0.3, 0.4) is 0 Å². The quantitative estimate of drug-likeness (QED) is 0.184. The van der Waals surface area contributed by atoms with Gasteiger partial charge in [0.25, 0.3) is 0 Å². The summed E-state index contributed by atoms with van der Waals surface area (Å²) in [5.41, 5.74) is 13.0. The monoisotopic (exact) mass is 626 g/mol. The van der Waals surface area contributed by atoms with E-state index in [1.165, 1.54) is 16.3 Å². The van der Waals surface area contributed by atoms with Crippen LogP contribution in [-0.2, 0) is 0 Å². The van der Waals surface area contributed by atoms with Crippen molar-refractivity contribution in [2.75, 3.05) is 0 Å². The van der Waals surface area contributed by atoms with Crippen molar-refractivity contribution in [3.05, 3.63) is 182 Å². The van der Waals surface area contributed by atoms with Gasteiger partial charge in [0.1, 0.15) is 0 Å². The predicted octanol–water partition coefficient (Wildman–Crippen LogP) is 11.3. The van der Waals surface area contributed by atoms with Gasteiger partial charge in [-0.1, -0.05) is 140 Å². The lowest BCUT2D eigenvalue weighted by molar-refractivity contribution is 1.18. The zero-order valence-electron chi connectivity index (χ0n) is 26.6. The molecule has 0 amide bonds. The van der Waals surface area contributed by atoms with Gasteiger partial charge < -0.3 is 4.57 Å². The molecule has 49 heavy (non-hydrogen) atoms. The molecule has 4 nitrogen and oxygen atoms in total. The number of nitrogens with zero attached hydrogens (tertiary/aromatic N) is 4. The van der Waals surface area contributed by atoms with Crippen LogP contribution in [0.4, 0.5) is 0 Å². The standard InChI is InChI=1S/C45H30N4/c1-4-13-32(14-5-1)42-43(33-15-6-2-7-16-33)48-45(44(47-42)34-24-22-31(23-25-34)36-17-12-28-46-30-36)35-26-27-39-38-20-10-11-21-40(38)49(41(39)29-35)37-18-8-3-9-19-37/h1-30H. The third-order valence-electron chi connectivity index (χ3n) is 9.11. The molecule has 0 saturated carbocycles. The Morgan fingerprint density at radius 2 is 0.837 bits per heavy atom. The average molecular weight is 627 g/mol. The fourth-order valence-corrected chi connectivity index (χ4v) is 6.76. The van der Waals surface area contributed by atoms with E-state index in [2.05, 4.69) is 161 Å². The number of hydrogen-bond acceptors (Lipinski definition) is 3. The van der Waals surface area contributed by atoms with Gasteiger partial charge in [-0.15, -0.1) is 0 Å².